The van der Waals surface area contributed by atoms with Crippen LogP contribution in [-0.2, 0) is 89.2 Å². The van der Waals surface area contributed by atoms with Crippen LogP contribution < -0.4 is 54.0 Å². The van der Waals surface area contributed by atoms with Crippen LogP contribution in [0.1, 0.15) is 37.8 Å². The maximum atomic E-state index is 13.2. The predicted octanol–water partition coefficient (Wildman–Crippen LogP) is -3.42. The van der Waals surface area contributed by atoms with Crippen LogP contribution in [0, 0.1) is 10.8 Å². The Bertz CT molecular complexity index is 2310. The number of methoxy groups -OCH3 is 2. The van der Waals surface area contributed by atoms with Crippen molar-refractivity contribution in [3.8, 4) is 0 Å². The highest BCUT2D eigenvalue weighted by Crippen LogP contribution is 2.30. The molecule has 0 aliphatic carbocycles. The van der Waals surface area contributed by atoms with Crippen LogP contribution in [0.15, 0.2) is 47.9 Å². The summed E-state index contributed by atoms with van der Waals surface area (Å²) in [6, 6.07) is 2.26. The lowest BCUT2D eigenvalue weighted by atomic mass is 9.91. The van der Waals surface area contributed by atoms with Gasteiger partial charge in [-0.15, -0.1) is 0 Å². The van der Waals surface area contributed by atoms with E-state index in [0.29, 0.717) is 11.1 Å². The first-order chi connectivity index (χ1) is 36.1. The highest BCUT2D eigenvalue weighted by molar-refractivity contribution is 5.88. The molecule has 2 fully saturated rings. The second-order valence-electron chi connectivity index (χ2n) is 16.7. The van der Waals surface area contributed by atoms with Crippen molar-refractivity contribution in [1.82, 2.24) is 42.5 Å². The predicted molar refractivity (Wildman–Crippen MR) is 251 cm³/mol. The minimum absolute atomic E-state index is 0.0418. The summed E-state index contributed by atoms with van der Waals surface area (Å²) >= 11 is 0. The van der Waals surface area contributed by atoms with Crippen molar-refractivity contribution in [2.75, 3.05) is 40.5 Å². The van der Waals surface area contributed by atoms with E-state index in [2.05, 4.69) is 42.5 Å². The molecule has 4 heterocycles. The lowest BCUT2D eigenvalue weighted by molar-refractivity contribution is -0.148. The summed E-state index contributed by atoms with van der Waals surface area (Å²) < 4.78 is 52.6. The van der Waals surface area contributed by atoms with Gasteiger partial charge in [0.15, 0.2) is 48.5 Å². The third-order valence-electron chi connectivity index (χ3n) is 11.1. The zero-order valence-electron chi connectivity index (χ0n) is 41.2. The Morgan fingerprint density at radius 3 is 1.34 bits per heavy atom. The number of rotatable bonds is 22. The second-order valence-corrected chi connectivity index (χ2v) is 16.7. The van der Waals surface area contributed by atoms with Crippen molar-refractivity contribution in [2.45, 2.75) is 101 Å². The van der Waals surface area contributed by atoms with Crippen molar-refractivity contribution in [1.29, 1.82) is 10.8 Å². The fourth-order valence-corrected chi connectivity index (χ4v) is 7.90. The summed E-state index contributed by atoms with van der Waals surface area (Å²) in [5.41, 5.74) is 12.4. The molecule has 1 aromatic rings. The van der Waals surface area contributed by atoms with Crippen molar-refractivity contribution in [2.24, 2.45) is 11.5 Å². The molecule has 10 atom stereocenters. The Labute approximate surface area is 431 Å². The fraction of sp³-hybridized carbons (Fsp3) is 0.500. The van der Waals surface area contributed by atoms with Crippen LogP contribution in [0.25, 0.3) is 0 Å². The molecule has 0 spiro atoms. The van der Waals surface area contributed by atoms with E-state index in [0.717, 1.165) is 14.2 Å². The quantitative estimate of drug-likeness (QED) is 0.0233. The van der Waals surface area contributed by atoms with Crippen molar-refractivity contribution in [3.05, 3.63) is 59.1 Å². The summed E-state index contributed by atoms with van der Waals surface area (Å²) in [6.45, 7) is 1.07. The van der Waals surface area contributed by atoms with E-state index in [4.69, 9.17) is 69.7 Å². The Hall–Kier alpha value is -9.26. The van der Waals surface area contributed by atoms with Crippen molar-refractivity contribution < 1.29 is 95.3 Å². The zero-order valence-corrected chi connectivity index (χ0v) is 41.2. The SMILES string of the molecule is COC(=O)C1=CC(NC(=N)N)[C@@H](NC(C)=O)[C@H]([C@H](OC(=O)NCCC(=O)NCc2cccc(CNC(=O)CCNC(=O)OC([C@H]3COC(=O)O3)[C@@H]3OC(C(=O)OC)=CC(NC(=N)N)[C@H]3NC(C)=O)c2)[C@H]2COC(=O)O2)O1. The van der Waals surface area contributed by atoms with E-state index in [1.807, 2.05) is 0 Å². The first-order valence-electron chi connectivity index (χ1n) is 23.0. The highest BCUT2D eigenvalue weighted by atomic mass is 16.8. The number of hydrogen-bond donors (Lipinski definition) is 12. The topological polar surface area (TPSA) is 459 Å². The van der Waals surface area contributed by atoms with Gasteiger partial charge in [-0.05, 0) is 23.3 Å². The summed E-state index contributed by atoms with van der Waals surface area (Å²) in [6.07, 6.45) is -11.2. The van der Waals surface area contributed by atoms with Gasteiger partial charge in [0.25, 0.3) is 0 Å². The number of carbonyl (C=O) groups is 10. The minimum Gasteiger partial charge on any atom is -0.477 e. The van der Waals surface area contributed by atoms with Gasteiger partial charge in [-0.3, -0.25) is 30.0 Å². The third kappa shape index (κ3) is 16.9. The largest absolute Gasteiger partial charge is 0.508 e. The molecule has 3 unspecified atom stereocenters. The zero-order chi connectivity index (χ0) is 55.6. The lowest BCUT2D eigenvalue weighted by Crippen LogP contribution is -2.64. The lowest BCUT2D eigenvalue weighted by Gasteiger charge is -2.41. The molecule has 0 bridgehead atoms. The van der Waals surface area contributed by atoms with Gasteiger partial charge in [-0.1, -0.05) is 24.3 Å². The first kappa shape index (κ1) is 57.6. The Balaban J connectivity index is 1.10. The highest BCUT2D eigenvalue weighted by Gasteiger charge is 2.52. The van der Waals surface area contributed by atoms with Crippen molar-refractivity contribution >= 4 is 72.0 Å². The molecule has 1 aromatic carbocycles. The second kappa shape index (κ2) is 27.2. The van der Waals surface area contributed by atoms with Gasteiger partial charge >= 0.3 is 36.4 Å². The molecule has 76 heavy (non-hydrogen) atoms. The van der Waals surface area contributed by atoms with Crippen LogP contribution >= 0.6 is 0 Å². The molecular formula is C44H58N12O20. The van der Waals surface area contributed by atoms with Crippen LogP contribution in [0.3, 0.4) is 0 Å². The van der Waals surface area contributed by atoms with Crippen molar-refractivity contribution in [3.63, 3.8) is 0 Å². The molecule has 32 heteroatoms. The number of esters is 2. The number of cyclic esters (lactones) is 4. The summed E-state index contributed by atoms with van der Waals surface area (Å²) in [7, 11) is 2.15. The molecule has 4 aliphatic heterocycles. The normalized spacial score (nSPS) is 23.0. The maximum absolute atomic E-state index is 13.2. The summed E-state index contributed by atoms with van der Waals surface area (Å²) in [4.78, 5) is 126. The molecule has 414 valence electrons. The first-order valence-corrected chi connectivity index (χ1v) is 23.0. The minimum atomic E-state index is -1.56. The summed E-state index contributed by atoms with van der Waals surface area (Å²) in [5, 5.41) is 36.1. The molecule has 2 saturated heterocycles. The molecule has 6 amide bonds. The fourth-order valence-electron chi connectivity index (χ4n) is 7.90. The summed E-state index contributed by atoms with van der Waals surface area (Å²) in [5.74, 6) is -6.03. The number of guanidine groups is 2. The smallest absolute Gasteiger partial charge is 0.477 e. The molecule has 5 rings (SSSR count). The van der Waals surface area contributed by atoms with Crippen LogP contribution in [0.4, 0.5) is 19.2 Å². The molecule has 4 aliphatic rings. The number of carbonyl (C=O) groups excluding carboxylic acids is 10. The Kier molecular flexibility index (Phi) is 20.6. The third-order valence-corrected chi connectivity index (χ3v) is 11.1. The number of amides is 6. The number of hydrogen-bond acceptors (Lipinski definition) is 22. The monoisotopic (exact) mass is 1070 g/mol. The number of nitrogens with two attached hydrogens (primary N) is 2. The number of benzene rings is 1. The molecule has 32 nitrogen and oxygen atoms in total. The van der Waals surface area contributed by atoms with Gasteiger partial charge in [0.1, 0.15) is 13.2 Å². The van der Waals surface area contributed by atoms with Crippen LogP contribution in [0.2, 0.25) is 0 Å². The van der Waals surface area contributed by atoms with Gasteiger partial charge in [-0.2, -0.15) is 0 Å². The number of ether oxygens (including phenoxy) is 10. The van der Waals surface area contributed by atoms with E-state index in [-0.39, 0.29) is 39.0 Å². The Morgan fingerprint density at radius 2 is 1.01 bits per heavy atom. The van der Waals surface area contributed by atoms with E-state index in [1.54, 1.807) is 24.3 Å². The number of alkyl carbamates (subject to hydrolysis) is 2. The molecular weight excluding hydrogens is 1020 g/mol. The van der Waals surface area contributed by atoms with E-state index >= 15 is 0 Å². The van der Waals surface area contributed by atoms with Gasteiger partial charge in [-0.25, -0.2) is 28.8 Å². The average Bonchev–Trinajstić information content (AvgIpc) is 4.01. The van der Waals surface area contributed by atoms with E-state index in [9.17, 15) is 47.9 Å². The van der Waals surface area contributed by atoms with Gasteiger partial charge in [0.2, 0.25) is 35.1 Å². The van der Waals surface area contributed by atoms with Gasteiger partial charge in [0.05, 0.1) is 38.4 Å². The van der Waals surface area contributed by atoms with E-state index < -0.39 is 158 Å². The number of nitrogens with one attached hydrogen (secondary N) is 10. The van der Waals surface area contributed by atoms with Crippen LogP contribution in [-0.4, -0.2) is 173 Å². The maximum Gasteiger partial charge on any atom is 0.508 e. The molecule has 14 N–H and O–H groups in total. The van der Waals surface area contributed by atoms with Gasteiger partial charge < -0.3 is 101 Å². The Morgan fingerprint density at radius 1 is 0.618 bits per heavy atom. The molecule has 0 aromatic heterocycles. The molecule has 0 radical (unpaired) electrons. The molecule has 0 saturated carbocycles. The van der Waals surface area contributed by atoms with Crippen LogP contribution in [0.5, 0.6) is 0 Å². The standard InChI is InChI=1S/C44H58N12O20/c1-19(57)53-31-23(55-39(45)46)13-25(37(61)67-3)71-35(31)33(27-17-69-43(65)73-27)75-41(63)49-10-8-29(59)51-15-21-6-5-7-22(12-21)16-52-30(60)9-11-50-42(64)76-34(28-18-70-44(66)74-28)36-32(54-20(2)58)24(56-40(47)48)14-26(72-36)38(62)68-4/h5-7,12-14,23-24,27-28,31-36H,8-11,15-18H2,1-4H3,(H,49,63)(H,50,64)(H,51,59)(H,52,60)(H,53,57)(H,54,58)(H4,45,46,55)(H4,47,48,56)/t23?,24?,27-,28-,31-,32-,33-,34?,35-,36-/m1/s1. The van der Waals surface area contributed by atoms with E-state index in [1.165, 1.54) is 26.0 Å². The van der Waals surface area contributed by atoms with Gasteiger partial charge in [0, 0.05) is 52.9 Å². The average molecular weight is 1080 g/mol.